The second-order valence-corrected chi connectivity index (χ2v) is 20.7. The fraction of sp³-hybridized carbons (Fsp3) is 0.311. The number of hydrogen-bond acceptors (Lipinski definition) is 9. The molecule has 0 bridgehead atoms. The van der Waals surface area contributed by atoms with E-state index >= 15 is 4.39 Å². The van der Waals surface area contributed by atoms with Gasteiger partial charge in [0.2, 0.25) is 5.88 Å². The number of rotatable bonds is 15. The third-order valence-corrected chi connectivity index (χ3v) is 14.3. The molecule has 11 rings (SSSR count). The Bertz CT molecular complexity index is 3250. The number of fused-ring (bicyclic) bond motifs is 2. The predicted molar refractivity (Wildman–Crippen MR) is 281 cm³/mol. The topological polar surface area (TPSA) is 134 Å². The SMILES string of the molecule is Cc1c(F)cc2nn(C(c3ccccc3)(c3ccccc3)c3ccccc3)cc2c1-c1c(C2CC2)cc2c(O[C@H]3CCN(C(=O)OC(C)(C)C)C3)cc(OC[C@@H]3CCCO3)nc2c1OCc1ccc(C(=O)O)cc1. The molecule has 1 saturated carbocycles. The third kappa shape index (κ3) is 9.52. The van der Waals surface area contributed by atoms with Gasteiger partial charge < -0.3 is 33.7 Å². The largest absolute Gasteiger partial charge is 0.488 e. The highest BCUT2D eigenvalue weighted by molar-refractivity contribution is 6.05. The monoisotopic (exact) mass is 994 g/mol. The fourth-order valence-electron chi connectivity index (χ4n) is 10.6. The maximum absolute atomic E-state index is 17.2. The Morgan fingerprint density at radius 3 is 2.05 bits per heavy atom. The number of ether oxygens (including phenoxy) is 5. The van der Waals surface area contributed by atoms with Crippen molar-refractivity contribution in [3.63, 3.8) is 0 Å². The van der Waals surface area contributed by atoms with Gasteiger partial charge in [-0.2, -0.15) is 5.10 Å². The van der Waals surface area contributed by atoms with Gasteiger partial charge in [0.15, 0.2) is 5.75 Å². The zero-order chi connectivity index (χ0) is 51.1. The number of benzene rings is 6. The first-order chi connectivity index (χ1) is 35.8. The summed E-state index contributed by atoms with van der Waals surface area (Å²) >= 11 is 0. The molecule has 378 valence electrons. The molecule has 1 N–H and O–H groups in total. The zero-order valence-electron chi connectivity index (χ0n) is 42.1. The van der Waals surface area contributed by atoms with Crippen molar-refractivity contribution >= 4 is 33.9 Å². The van der Waals surface area contributed by atoms with Crippen LogP contribution in [0.2, 0.25) is 0 Å². The lowest BCUT2D eigenvalue weighted by molar-refractivity contribution is 0.0275. The second-order valence-electron chi connectivity index (χ2n) is 20.7. The average molecular weight is 995 g/mol. The van der Waals surface area contributed by atoms with Gasteiger partial charge in [-0.15, -0.1) is 0 Å². The summed E-state index contributed by atoms with van der Waals surface area (Å²) in [4.78, 5) is 32.1. The molecule has 8 aromatic rings. The standard InChI is InChI=1S/C61H59FN4O8/c1-38-50(62)32-51-49(35-66(64-51)61(42-15-8-5-9-16-42,43-17-10-6-11-18-43)44-19-12-7-13-20-44)54(38)55-47(40-26-27-40)31-48-52(73-45-28-29-65(34-45)59(69)74-60(2,3)4)33-53(71-37-46-21-14-30-70-46)63-56(48)57(55)72-36-39-22-24-41(25-23-39)58(67)68/h5-13,15-20,22-25,31-33,35,40,45-46H,14,21,26-30,34,36-37H2,1-4H3,(H,67,68)/t45-,46-/m0/s1. The first-order valence-corrected chi connectivity index (χ1v) is 25.6. The summed E-state index contributed by atoms with van der Waals surface area (Å²) in [6.45, 7) is 9.07. The number of nitrogens with zero attached hydrogens (tertiary/aromatic N) is 4. The lowest BCUT2D eigenvalue weighted by Crippen LogP contribution is -2.38. The van der Waals surface area contributed by atoms with E-state index in [1.54, 1.807) is 36.1 Å². The number of amides is 1. The first kappa shape index (κ1) is 48.5. The Hall–Kier alpha value is -7.77. The highest BCUT2D eigenvalue weighted by Crippen LogP contribution is 2.54. The summed E-state index contributed by atoms with van der Waals surface area (Å²) in [5, 5.41) is 16.5. The molecule has 6 aromatic carbocycles. The van der Waals surface area contributed by atoms with Crippen LogP contribution in [0.4, 0.5) is 9.18 Å². The number of carbonyl (C=O) groups is 2. The summed E-state index contributed by atoms with van der Waals surface area (Å²) in [6, 6.07) is 42.8. The van der Waals surface area contributed by atoms with E-state index in [1.165, 1.54) is 6.07 Å². The third-order valence-electron chi connectivity index (χ3n) is 14.3. The first-order valence-electron chi connectivity index (χ1n) is 25.6. The van der Waals surface area contributed by atoms with Crippen molar-refractivity contribution in [3.8, 4) is 28.5 Å². The van der Waals surface area contributed by atoms with Crippen molar-refractivity contribution in [1.29, 1.82) is 0 Å². The van der Waals surface area contributed by atoms with Crippen LogP contribution in [0.5, 0.6) is 17.4 Å². The van der Waals surface area contributed by atoms with E-state index in [0.717, 1.165) is 47.9 Å². The van der Waals surface area contributed by atoms with Crippen LogP contribution in [0, 0.1) is 12.7 Å². The molecule has 0 radical (unpaired) electrons. The molecule has 0 spiro atoms. The van der Waals surface area contributed by atoms with Crippen LogP contribution < -0.4 is 14.2 Å². The molecule has 13 heteroatoms. The summed E-state index contributed by atoms with van der Waals surface area (Å²) < 4.78 is 51.4. The van der Waals surface area contributed by atoms with Gasteiger partial charge in [0.1, 0.15) is 47.5 Å². The summed E-state index contributed by atoms with van der Waals surface area (Å²) in [6.07, 6.45) is 5.30. The molecule has 12 nitrogen and oxygen atoms in total. The smallest absolute Gasteiger partial charge is 0.410 e. The van der Waals surface area contributed by atoms with Gasteiger partial charge in [-0.25, -0.2) is 19.0 Å². The van der Waals surface area contributed by atoms with Crippen molar-refractivity contribution in [2.45, 2.75) is 95.7 Å². The Kier molecular flexibility index (Phi) is 13.1. The van der Waals surface area contributed by atoms with Gasteiger partial charge in [0.05, 0.1) is 23.7 Å². The van der Waals surface area contributed by atoms with Crippen LogP contribution in [0.15, 0.2) is 140 Å². The Balaban J connectivity index is 1.15. The molecule has 2 saturated heterocycles. The van der Waals surface area contributed by atoms with E-state index in [4.69, 9.17) is 33.8 Å². The molecular weight excluding hydrogens is 936 g/mol. The predicted octanol–water partition coefficient (Wildman–Crippen LogP) is 12.6. The van der Waals surface area contributed by atoms with E-state index in [9.17, 15) is 14.7 Å². The van der Waals surface area contributed by atoms with Crippen molar-refractivity contribution in [2.24, 2.45) is 0 Å². The van der Waals surface area contributed by atoms with Crippen molar-refractivity contribution in [3.05, 3.63) is 184 Å². The van der Waals surface area contributed by atoms with Gasteiger partial charge in [-0.1, -0.05) is 103 Å². The van der Waals surface area contributed by atoms with Crippen molar-refractivity contribution < 1.29 is 42.8 Å². The maximum atomic E-state index is 17.2. The van der Waals surface area contributed by atoms with E-state index in [1.807, 2.05) is 92.3 Å². The van der Waals surface area contributed by atoms with Gasteiger partial charge in [0, 0.05) is 59.8 Å². The number of aromatic carboxylic acids is 1. The highest BCUT2D eigenvalue weighted by atomic mass is 19.1. The minimum Gasteiger partial charge on any atom is -0.488 e. The highest BCUT2D eigenvalue weighted by Gasteiger charge is 2.41. The molecule has 74 heavy (non-hydrogen) atoms. The molecular formula is C61H59FN4O8. The molecule has 4 heterocycles. The Morgan fingerprint density at radius 1 is 0.797 bits per heavy atom. The number of carboxylic acids is 1. The maximum Gasteiger partial charge on any atom is 0.410 e. The molecule has 0 unspecified atom stereocenters. The minimum absolute atomic E-state index is 0.0262. The van der Waals surface area contributed by atoms with Crippen LogP contribution in [0.25, 0.3) is 32.9 Å². The normalized spacial score (nSPS) is 17.0. The fourth-order valence-corrected chi connectivity index (χ4v) is 10.6. The number of carbonyl (C=O) groups excluding carboxylic acids is 1. The number of carboxylic acid groups (broad SMARTS) is 1. The molecule has 2 atom stereocenters. The van der Waals surface area contributed by atoms with Crippen LogP contribution in [-0.4, -0.2) is 80.9 Å². The van der Waals surface area contributed by atoms with Crippen LogP contribution in [-0.2, 0) is 21.6 Å². The van der Waals surface area contributed by atoms with E-state index < -0.39 is 29.0 Å². The number of halogens is 1. The minimum atomic E-state index is -1.03. The van der Waals surface area contributed by atoms with E-state index in [0.29, 0.717) is 81.7 Å². The van der Waals surface area contributed by atoms with Crippen LogP contribution >= 0.6 is 0 Å². The van der Waals surface area contributed by atoms with Gasteiger partial charge in [-0.3, -0.25) is 4.68 Å². The molecule has 1 amide bonds. The summed E-state index contributed by atoms with van der Waals surface area (Å²) in [5.41, 5.74) is 5.67. The van der Waals surface area contributed by atoms with E-state index in [-0.39, 0.29) is 42.8 Å². The molecule has 3 aliphatic rings. The van der Waals surface area contributed by atoms with Crippen molar-refractivity contribution in [1.82, 2.24) is 19.7 Å². The van der Waals surface area contributed by atoms with Crippen LogP contribution in [0.3, 0.4) is 0 Å². The lowest BCUT2D eigenvalue weighted by Gasteiger charge is -2.36. The molecule has 2 aromatic heterocycles. The van der Waals surface area contributed by atoms with E-state index in [2.05, 4.69) is 42.5 Å². The van der Waals surface area contributed by atoms with Gasteiger partial charge in [0.25, 0.3) is 0 Å². The quantitative estimate of drug-likeness (QED) is 0.0989. The number of hydrogen-bond donors (Lipinski definition) is 1. The lowest BCUT2D eigenvalue weighted by atomic mass is 9.77. The zero-order valence-corrected chi connectivity index (χ0v) is 42.1. The number of aromatic nitrogens is 3. The number of pyridine rings is 1. The molecule has 2 aliphatic heterocycles. The van der Waals surface area contributed by atoms with Crippen LogP contribution in [0.1, 0.15) is 103 Å². The number of likely N-dealkylation sites (tertiary alicyclic amines) is 1. The summed E-state index contributed by atoms with van der Waals surface area (Å²) in [5.74, 6) is -0.185. The second kappa shape index (κ2) is 19.9. The van der Waals surface area contributed by atoms with Gasteiger partial charge in [-0.05, 0) is 111 Å². The van der Waals surface area contributed by atoms with Crippen molar-refractivity contribution in [2.75, 3.05) is 26.3 Å². The molecule has 1 aliphatic carbocycles. The Morgan fingerprint density at radius 2 is 1.46 bits per heavy atom. The summed E-state index contributed by atoms with van der Waals surface area (Å²) in [7, 11) is 0. The average Bonchev–Trinajstić information content (AvgIpc) is 3.68. The molecule has 3 fully saturated rings. The Labute approximate surface area is 429 Å². The van der Waals surface area contributed by atoms with Gasteiger partial charge >= 0.3 is 12.1 Å².